The van der Waals surface area contributed by atoms with Crippen LogP contribution in [0.4, 0.5) is 0 Å². The summed E-state index contributed by atoms with van der Waals surface area (Å²) in [6.07, 6.45) is 6.03. The van der Waals surface area contributed by atoms with E-state index in [9.17, 15) is 4.79 Å². The standard InChI is InChI=1S/C18H26N2OS/c1-12-7-8-17(22-12)13-11-14(13)18(21)20-10-4-6-16(20)15-5-3-9-19(15)2/h7-8,13-16H,3-6,9-11H2,1-2H3/t13-,14+,15+,16-/m1/s1. The van der Waals surface area contributed by atoms with Crippen LogP contribution in [0.15, 0.2) is 12.1 Å². The first-order valence-corrected chi connectivity index (χ1v) is 9.54. The number of aryl methyl sites for hydroxylation is 1. The van der Waals surface area contributed by atoms with Crippen LogP contribution in [0, 0.1) is 12.8 Å². The molecule has 1 aromatic rings. The molecule has 3 aliphatic rings. The number of rotatable bonds is 3. The molecule has 2 aliphatic heterocycles. The summed E-state index contributed by atoms with van der Waals surface area (Å²) in [6, 6.07) is 5.50. The lowest BCUT2D eigenvalue weighted by Gasteiger charge is -2.33. The van der Waals surface area contributed by atoms with Gasteiger partial charge in [0.15, 0.2) is 0 Å². The minimum Gasteiger partial charge on any atom is -0.338 e. The Morgan fingerprint density at radius 1 is 1.18 bits per heavy atom. The van der Waals surface area contributed by atoms with Gasteiger partial charge in [-0.25, -0.2) is 0 Å². The van der Waals surface area contributed by atoms with Crippen LogP contribution < -0.4 is 0 Å². The SMILES string of the molecule is Cc1ccc([C@@H]2C[C@@H]2C(=O)N2CCC[C@@H]2[C@@H]2CCCN2C)s1. The summed E-state index contributed by atoms with van der Waals surface area (Å²) in [5, 5.41) is 0. The normalized spacial score (nSPS) is 35.3. The van der Waals surface area contributed by atoms with Gasteiger partial charge in [-0.3, -0.25) is 4.79 Å². The second-order valence-electron chi connectivity index (χ2n) is 7.33. The van der Waals surface area contributed by atoms with E-state index in [4.69, 9.17) is 0 Å². The number of carbonyl (C=O) groups excluding carboxylic acids is 1. The summed E-state index contributed by atoms with van der Waals surface area (Å²) in [6.45, 7) is 4.34. The second-order valence-corrected chi connectivity index (χ2v) is 8.65. The highest BCUT2D eigenvalue weighted by Gasteiger charge is 2.49. The number of likely N-dealkylation sites (tertiary alicyclic amines) is 2. The zero-order valence-corrected chi connectivity index (χ0v) is 14.4. The number of likely N-dealkylation sites (N-methyl/N-ethyl adjacent to an activating group) is 1. The molecular formula is C18H26N2OS. The summed E-state index contributed by atoms with van der Waals surface area (Å²) in [5.41, 5.74) is 0. The quantitative estimate of drug-likeness (QED) is 0.854. The molecule has 3 heterocycles. The van der Waals surface area contributed by atoms with Crippen LogP contribution in [0.5, 0.6) is 0 Å². The molecule has 2 saturated heterocycles. The Balaban J connectivity index is 1.44. The first-order chi connectivity index (χ1) is 10.6. The number of hydrogen-bond acceptors (Lipinski definition) is 3. The predicted octanol–water partition coefficient (Wildman–Crippen LogP) is 3.25. The second kappa shape index (κ2) is 5.64. The van der Waals surface area contributed by atoms with Crippen molar-refractivity contribution in [2.75, 3.05) is 20.1 Å². The number of amides is 1. The molecule has 4 heteroatoms. The molecule has 4 atom stereocenters. The van der Waals surface area contributed by atoms with Crippen molar-refractivity contribution in [2.45, 2.75) is 57.0 Å². The van der Waals surface area contributed by atoms with Crippen molar-refractivity contribution in [3.05, 3.63) is 21.9 Å². The van der Waals surface area contributed by atoms with Crippen molar-refractivity contribution in [3.63, 3.8) is 0 Å². The lowest BCUT2D eigenvalue weighted by Crippen LogP contribution is -2.47. The van der Waals surface area contributed by atoms with E-state index >= 15 is 0 Å². The van der Waals surface area contributed by atoms with Gasteiger partial charge >= 0.3 is 0 Å². The molecule has 0 unspecified atom stereocenters. The van der Waals surface area contributed by atoms with Crippen molar-refractivity contribution in [1.29, 1.82) is 0 Å². The lowest BCUT2D eigenvalue weighted by molar-refractivity contribution is -0.134. The highest BCUT2D eigenvalue weighted by molar-refractivity contribution is 7.12. The first kappa shape index (κ1) is 14.7. The minimum atomic E-state index is 0.269. The Morgan fingerprint density at radius 2 is 1.95 bits per heavy atom. The van der Waals surface area contributed by atoms with Gasteiger partial charge in [0.1, 0.15) is 0 Å². The largest absolute Gasteiger partial charge is 0.338 e. The van der Waals surface area contributed by atoms with Crippen LogP contribution in [0.25, 0.3) is 0 Å². The van der Waals surface area contributed by atoms with Crippen molar-refractivity contribution in [2.24, 2.45) is 5.92 Å². The van der Waals surface area contributed by atoms with Gasteiger partial charge in [-0.05, 0) is 64.8 Å². The van der Waals surface area contributed by atoms with Gasteiger partial charge in [0.05, 0.1) is 0 Å². The summed E-state index contributed by atoms with van der Waals surface area (Å²) in [7, 11) is 2.23. The van der Waals surface area contributed by atoms with Gasteiger partial charge in [0, 0.05) is 40.2 Å². The Hall–Kier alpha value is -0.870. The molecule has 120 valence electrons. The Morgan fingerprint density at radius 3 is 2.64 bits per heavy atom. The molecule has 0 aromatic carbocycles. The average molecular weight is 318 g/mol. The third-order valence-electron chi connectivity index (χ3n) is 5.84. The smallest absolute Gasteiger partial charge is 0.226 e. The van der Waals surface area contributed by atoms with E-state index in [1.54, 1.807) is 0 Å². The van der Waals surface area contributed by atoms with Gasteiger partial charge in [-0.2, -0.15) is 0 Å². The fourth-order valence-electron chi connectivity index (χ4n) is 4.54. The van der Waals surface area contributed by atoms with Crippen molar-refractivity contribution in [3.8, 4) is 0 Å². The van der Waals surface area contributed by atoms with Crippen molar-refractivity contribution >= 4 is 17.2 Å². The summed E-state index contributed by atoms with van der Waals surface area (Å²) < 4.78 is 0. The molecule has 0 N–H and O–H groups in total. The molecule has 1 aliphatic carbocycles. The Bertz CT molecular complexity index is 569. The first-order valence-electron chi connectivity index (χ1n) is 8.72. The summed E-state index contributed by atoms with van der Waals surface area (Å²) in [4.78, 5) is 20.5. The highest BCUT2D eigenvalue weighted by atomic mass is 32.1. The molecule has 1 saturated carbocycles. The monoisotopic (exact) mass is 318 g/mol. The number of thiophene rings is 1. The van der Waals surface area contributed by atoms with Crippen LogP contribution in [-0.2, 0) is 4.79 Å². The molecule has 0 radical (unpaired) electrons. The fraction of sp³-hybridized carbons (Fsp3) is 0.722. The topological polar surface area (TPSA) is 23.6 Å². The van der Waals surface area contributed by atoms with E-state index in [0.717, 1.165) is 13.0 Å². The Kier molecular flexibility index (Phi) is 3.77. The van der Waals surface area contributed by atoms with E-state index in [2.05, 4.69) is 35.9 Å². The molecule has 3 fully saturated rings. The number of carbonyl (C=O) groups is 1. The molecule has 4 rings (SSSR count). The van der Waals surface area contributed by atoms with Gasteiger partial charge in [-0.1, -0.05) is 0 Å². The predicted molar refractivity (Wildman–Crippen MR) is 90.3 cm³/mol. The molecule has 22 heavy (non-hydrogen) atoms. The van der Waals surface area contributed by atoms with E-state index in [-0.39, 0.29) is 5.92 Å². The number of nitrogens with zero attached hydrogens (tertiary/aromatic N) is 2. The van der Waals surface area contributed by atoms with E-state index in [0.29, 0.717) is 23.9 Å². The minimum absolute atomic E-state index is 0.269. The molecular weight excluding hydrogens is 292 g/mol. The molecule has 3 nitrogen and oxygen atoms in total. The van der Waals surface area contributed by atoms with Crippen LogP contribution in [0.2, 0.25) is 0 Å². The fourth-order valence-corrected chi connectivity index (χ4v) is 5.59. The maximum atomic E-state index is 13.0. The van der Waals surface area contributed by atoms with Gasteiger partial charge in [0.25, 0.3) is 0 Å². The van der Waals surface area contributed by atoms with Crippen LogP contribution in [0.3, 0.4) is 0 Å². The highest BCUT2D eigenvalue weighted by Crippen LogP contribution is 2.51. The molecule has 1 aromatic heterocycles. The third-order valence-corrected chi connectivity index (χ3v) is 6.97. The lowest BCUT2D eigenvalue weighted by atomic mass is 10.0. The summed E-state index contributed by atoms with van der Waals surface area (Å²) >= 11 is 1.87. The maximum absolute atomic E-state index is 13.0. The Labute approximate surface area is 137 Å². The average Bonchev–Trinajstić information content (AvgIpc) is 2.84. The van der Waals surface area contributed by atoms with E-state index in [1.165, 1.54) is 42.0 Å². The van der Waals surface area contributed by atoms with Crippen molar-refractivity contribution in [1.82, 2.24) is 9.80 Å². The third kappa shape index (κ3) is 2.50. The van der Waals surface area contributed by atoms with E-state index < -0.39 is 0 Å². The molecule has 0 bridgehead atoms. The summed E-state index contributed by atoms with van der Waals surface area (Å²) in [5.74, 6) is 1.22. The molecule has 1 amide bonds. The zero-order chi connectivity index (χ0) is 15.3. The van der Waals surface area contributed by atoms with Gasteiger partial charge < -0.3 is 9.80 Å². The number of hydrogen-bond donors (Lipinski definition) is 0. The van der Waals surface area contributed by atoms with Crippen LogP contribution >= 0.6 is 11.3 Å². The zero-order valence-electron chi connectivity index (χ0n) is 13.6. The molecule has 0 spiro atoms. The van der Waals surface area contributed by atoms with Gasteiger partial charge in [-0.15, -0.1) is 11.3 Å². The van der Waals surface area contributed by atoms with Crippen LogP contribution in [-0.4, -0.2) is 47.9 Å². The maximum Gasteiger partial charge on any atom is 0.226 e. The van der Waals surface area contributed by atoms with Gasteiger partial charge in [0.2, 0.25) is 5.91 Å². The van der Waals surface area contributed by atoms with E-state index in [1.807, 2.05) is 11.3 Å². The van der Waals surface area contributed by atoms with Crippen LogP contribution in [0.1, 0.15) is 47.8 Å². The van der Waals surface area contributed by atoms with Crippen molar-refractivity contribution < 1.29 is 4.79 Å².